The predicted octanol–water partition coefficient (Wildman–Crippen LogP) is 3.91. The molecule has 0 aliphatic carbocycles. The third kappa shape index (κ3) is 4.72. The molecule has 3 aromatic rings. The van der Waals surface area contributed by atoms with E-state index in [2.05, 4.69) is 14.8 Å². The number of furan rings is 1. The minimum atomic E-state index is -4.43. The fourth-order valence-corrected chi connectivity index (χ4v) is 3.88. The first kappa shape index (κ1) is 22.1. The number of hydrogen-bond acceptors (Lipinski definition) is 5. The van der Waals surface area contributed by atoms with Crippen molar-refractivity contribution in [3.8, 4) is 0 Å². The van der Waals surface area contributed by atoms with Crippen LogP contribution < -0.4 is 4.90 Å². The van der Waals surface area contributed by atoms with Crippen LogP contribution in [0.4, 0.5) is 18.9 Å². The van der Waals surface area contributed by atoms with E-state index in [0.717, 1.165) is 43.3 Å². The zero-order chi connectivity index (χ0) is 22.9. The number of nitrogens with zero attached hydrogens (tertiary/aromatic N) is 4. The maximum absolute atomic E-state index is 12.9. The standard InChI is InChI=1S/C23H25F3N4O2/c1-28(2)22(31)19-15-16-5-3-7-18(21(16)32-19)30-13-11-29(12-14-30)10-9-17-6-4-8-20(27-17)23(24,25)26/h3-8,15H,9-14H2,1-2H3. The highest BCUT2D eigenvalue weighted by molar-refractivity contribution is 5.99. The van der Waals surface area contributed by atoms with Crippen LogP contribution in [0.25, 0.3) is 11.0 Å². The number of rotatable bonds is 5. The van der Waals surface area contributed by atoms with Crippen LogP contribution in [0.1, 0.15) is 21.9 Å². The number of alkyl halides is 3. The Bertz CT molecular complexity index is 1100. The van der Waals surface area contributed by atoms with Gasteiger partial charge in [-0.2, -0.15) is 13.2 Å². The highest BCUT2D eigenvalue weighted by Gasteiger charge is 2.32. The number of halogens is 3. The number of para-hydroxylation sites is 1. The van der Waals surface area contributed by atoms with Gasteiger partial charge < -0.3 is 14.2 Å². The Balaban J connectivity index is 1.39. The van der Waals surface area contributed by atoms with Crippen LogP contribution >= 0.6 is 0 Å². The summed E-state index contributed by atoms with van der Waals surface area (Å²) < 4.78 is 44.5. The van der Waals surface area contributed by atoms with Crippen molar-refractivity contribution in [2.45, 2.75) is 12.6 Å². The Kier molecular flexibility index (Phi) is 6.10. The fraction of sp³-hybridized carbons (Fsp3) is 0.391. The number of amides is 1. The van der Waals surface area contributed by atoms with E-state index in [1.165, 1.54) is 11.0 Å². The molecule has 0 N–H and O–H groups in total. The van der Waals surface area contributed by atoms with Gasteiger partial charge in [0.05, 0.1) is 5.69 Å². The first-order valence-electron chi connectivity index (χ1n) is 10.5. The summed E-state index contributed by atoms with van der Waals surface area (Å²) in [7, 11) is 3.37. The molecule has 1 amide bonds. The fourth-order valence-electron chi connectivity index (χ4n) is 3.88. The molecular weight excluding hydrogens is 421 g/mol. The monoisotopic (exact) mass is 446 g/mol. The highest BCUT2D eigenvalue weighted by atomic mass is 19.4. The number of hydrogen-bond donors (Lipinski definition) is 0. The van der Waals surface area contributed by atoms with Gasteiger partial charge in [-0.1, -0.05) is 18.2 Å². The molecule has 32 heavy (non-hydrogen) atoms. The molecule has 3 heterocycles. The number of carbonyl (C=O) groups is 1. The van der Waals surface area contributed by atoms with E-state index in [1.54, 1.807) is 26.2 Å². The van der Waals surface area contributed by atoms with Crippen molar-refractivity contribution in [3.05, 3.63) is 59.6 Å². The third-order valence-corrected chi connectivity index (χ3v) is 5.63. The van der Waals surface area contributed by atoms with Gasteiger partial charge >= 0.3 is 6.18 Å². The second kappa shape index (κ2) is 8.82. The van der Waals surface area contributed by atoms with Gasteiger partial charge in [-0.25, -0.2) is 4.98 Å². The SMILES string of the molecule is CN(C)C(=O)c1cc2cccc(N3CCN(CCc4cccc(C(F)(F)F)n4)CC3)c2o1. The Morgan fingerprint density at radius 1 is 1.09 bits per heavy atom. The molecule has 9 heteroatoms. The van der Waals surface area contributed by atoms with Crippen molar-refractivity contribution >= 4 is 22.6 Å². The van der Waals surface area contributed by atoms with Crippen LogP contribution in [0.5, 0.6) is 0 Å². The van der Waals surface area contributed by atoms with Crippen LogP contribution in [0.2, 0.25) is 0 Å². The number of benzene rings is 1. The van der Waals surface area contributed by atoms with Crippen LogP contribution in [0, 0.1) is 0 Å². The van der Waals surface area contributed by atoms with Gasteiger partial charge in [-0.3, -0.25) is 9.69 Å². The van der Waals surface area contributed by atoms with E-state index in [9.17, 15) is 18.0 Å². The summed E-state index contributed by atoms with van der Waals surface area (Å²) in [5.74, 6) is 0.129. The number of aromatic nitrogens is 1. The molecule has 0 bridgehead atoms. The molecule has 0 atom stereocenters. The lowest BCUT2D eigenvalue weighted by Crippen LogP contribution is -2.47. The minimum Gasteiger partial charge on any atom is -0.449 e. The van der Waals surface area contributed by atoms with Crippen molar-refractivity contribution in [3.63, 3.8) is 0 Å². The molecule has 170 valence electrons. The zero-order valence-corrected chi connectivity index (χ0v) is 18.0. The number of fused-ring (bicyclic) bond motifs is 1. The Morgan fingerprint density at radius 2 is 1.81 bits per heavy atom. The number of piperazine rings is 1. The molecule has 0 unspecified atom stereocenters. The summed E-state index contributed by atoms with van der Waals surface area (Å²) in [5, 5.41) is 0.880. The van der Waals surface area contributed by atoms with Crippen molar-refractivity contribution in [1.82, 2.24) is 14.8 Å². The van der Waals surface area contributed by atoms with Gasteiger partial charge in [0.15, 0.2) is 11.3 Å². The first-order chi connectivity index (χ1) is 15.2. The lowest BCUT2D eigenvalue weighted by atomic mass is 10.2. The smallest absolute Gasteiger partial charge is 0.433 e. The maximum Gasteiger partial charge on any atom is 0.433 e. The quantitative estimate of drug-likeness (QED) is 0.595. The van der Waals surface area contributed by atoms with Crippen molar-refractivity contribution in [1.29, 1.82) is 0 Å². The van der Waals surface area contributed by atoms with Crippen LogP contribution in [-0.4, -0.2) is 67.5 Å². The highest BCUT2D eigenvalue weighted by Crippen LogP contribution is 2.31. The summed E-state index contributed by atoms with van der Waals surface area (Å²) in [6, 6.07) is 11.7. The summed E-state index contributed by atoms with van der Waals surface area (Å²) in [6.07, 6.45) is -3.96. The van der Waals surface area contributed by atoms with Gasteiger partial charge in [0.2, 0.25) is 0 Å². The van der Waals surface area contributed by atoms with Crippen molar-refractivity contribution in [2.24, 2.45) is 0 Å². The van der Waals surface area contributed by atoms with Crippen LogP contribution in [0.15, 0.2) is 46.9 Å². The molecule has 1 saturated heterocycles. The van der Waals surface area contributed by atoms with Gasteiger partial charge in [0.1, 0.15) is 5.69 Å². The molecule has 4 rings (SSSR count). The minimum absolute atomic E-state index is 0.180. The normalized spacial score (nSPS) is 15.3. The molecule has 6 nitrogen and oxygen atoms in total. The molecule has 1 aromatic carbocycles. The van der Waals surface area contributed by atoms with E-state index in [1.807, 2.05) is 18.2 Å². The predicted molar refractivity (Wildman–Crippen MR) is 116 cm³/mol. The first-order valence-corrected chi connectivity index (χ1v) is 10.5. The zero-order valence-electron chi connectivity index (χ0n) is 18.0. The number of carbonyl (C=O) groups excluding carboxylic acids is 1. The number of anilines is 1. The molecule has 1 aliphatic rings. The average Bonchev–Trinajstić information content (AvgIpc) is 3.21. The summed E-state index contributed by atoms with van der Waals surface area (Å²) in [5.41, 5.74) is 1.23. The molecule has 1 aliphatic heterocycles. The second-order valence-electron chi connectivity index (χ2n) is 8.10. The molecule has 2 aromatic heterocycles. The van der Waals surface area contributed by atoms with E-state index >= 15 is 0 Å². The van der Waals surface area contributed by atoms with E-state index in [4.69, 9.17) is 4.42 Å². The van der Waals surface area contributed by atoms with Gasteiger partial charge in [-0.15, -0.1) is 0 Å². The largest absolute Gasteiger partial charge is 0.449 e. The second-order valence-corrected chi connectivity index (χ2v) is 8.10. The maximum atomic E-state index is 12.9. The van der Waals surface area contributed by atoms with Crippen LogP contribution in [-0.2, 0) is 12.6 Å². The third-order valence-electron chi connectivity index (χ3n) is 5.63. The molecule has 0 spiro atoms. The van der Waals surface area contributed by atoms with E-state index in [0.29, 0.717) is 30.0 Å². The van der Waals surface area contributed by atoms with Crippen molar-refractivity contribution < 1.29 is 22.4 Å². The van der Waals surface area contributed by atoms with Crippen LogP contribution in [0.3, 0.4) is 0 Å². The lowest BCUT2D eigenvalue weighted by Gasteiger charge is -2.36. The summed E-state index contributed by atoms with van der Waals surface area (Å²) in [6.45, 7) is 3.72. The lowest BCUT2D eigenvalue weighted by molar-refractivity contribution is -0.141. The number of pyridine rings is 1. The molecular formula is C23H25F3N4O2. The Labute approximate surface area is 184 Å². The molecule has 0 radical (unpaired) electrons. The van der Waals surface area contributed by atoms with Gasteiger partial charge in [0.25, 0.3) is 5.91 Å². The summed E-state index contributed by atoms with van der Waals surface area (Å²) >= 11 is 0. The Morgan fingerprint density at radius 3 is 2.50 bits per heavy atom. The summed E-state index contributed by atoms with van der Waals surface area (Å²) in [4.78, 5) is 21.9. The van der Waals surface area contributed by atoms with Crippen molar-refractivity contribution in [2.75, 3.05) is 51.7 Å². The van der Waals surface area contributed by atoms with E-state index < -0.39 is 11.9 Å². The Hall–Kier alpha value is -3.07. The topological polar surface area (TPSA) is 52.8 Å². The average molecular weight is 446 g/mol. The molecule has 0 saturated carbocycles. The van der Waals surface area contributed by atoms with Gasteiger partial charge in [-0.05, 0) is 24.3 Å². The van der Waals surface area contributed by atoms with E-state index in [-0.39, 0.29) is 5.91 Å². The molecule has 1 fully saturated rings. The van der Waals surface area contributed by atoms with Gasteiger partial charge in [0, 0.05) is 64.3 Å².